The van der Waals surface area contributed by atoms with Crippen molar-refractivity contribution in [1.82, 2.24) is 9.91 Å². The first-order chi connectivity index (χ1) is 15.5. The number of benzene rings is 2. The Morgan fingerprint density at radius 1 is 1.18 bits per heavy atom. The molecule has 0 radical (unpaired) electrons. The zero-order chi connectivity index (χ0) is 24.4. The van der Waals surface area contributed by atoms with Crippen molar-refractivity contribution >= 4 is 35.1 Å². The van der Waals surface area contributed by atoms with Crippen molar-refractivity contribution in [2.45, 2.75) is 25.6 Å². The Kier molecular flexibility index (Phi) is 6.87. The van der Waals surface area contributed by atoms with Crippen molar-refractivity contribution < 1.29 is 27.5 Å². The summed E-state index contributed by atoms with van der Waals surface area (Å²) in [5, 5.41) is 8.63. The summed E-state index contributed by atoms with van der Waals surface area (Å²) < 4.78 is 43.3. The Labute approximate surface area is 193 Å². The van der Waals surface area contributed by atoms with Crippen molar-refractivity contribution in [3.05, 3.63) is 64.7 Å². The number of nitrogens with one attached hydrogen (secondary N) is 1. The van der Waals surface area contributed by atoms with E-state index in [0.717, 1.165) is 29.3 Å². The van der Waals surface area contributed by atoms with Gasteiger partial charge in [-0.05, 0) is 50.2 Å². The summed E-state index contributed by atoms with van der Waals surface area (Å²) in [6, 6.07) is 10.2. The Morgan fingerprint density at radius 2 is 1.79 bits per heavy atom. The molecular formula is C22H22ClF3N4O3. The van der Waals surface area contributed by atoms with Crippen LogP contribution in [0, 0.1) is 0 Å². The van der Waals surface area contributed by atoms with Gasteiger partial charge < -0.3 is 10.1 Å². The molecule has 0 spiro atoms. The molecule has 0 aromatic heterocycles. The molecule has 7 nitrogen and oxygen atoms in total. The Balaban J connectivity index is 1.91. The van der Waals surface area contributed by atoms with E-state index < -0.39 is 29.4 Å². The monoisotopic (exact) mass is 482 g/mol. The number of urea groups is 1. The zero-order valence-corrected chi connectivity index (χ0v) is 18.9. The van der Waals surface area contributed by atoms with Crippen LogP contribution in [0.25, 0.3) is 0 Å². The number of alkyl halides is 3. The van der Waals surface area contributed by atoms with Gasteiger partial charge in [0.2, 0.25) is 0 Å². The summed E-state index contributed by atoms with van der Waals surface area (Å²) in [5.74, 6) is 0. The van der Waals surface area contributed by atoms with Crippen LogP contribution in [0.2, 0.25) is 5.02 Å². The average Bonchev–Trinajstić information content (AvgIpc) is 3.12. The number of likely N-dealkylation sites (N-methyl/N-ethyl adjacent to an activating group) is 1. The van der Waals surface area contributed by atoms with Gasteiger partial charge in [-0.25, -0.2) is 14.6 Å². The molecule has 33 heavy (non-hydrogen) atoms. The fourth-order valence-corrected chi connectivity index (χ4v) is 3.78. The smallest absolute Gasteiger partial charge is 0.416 e. The van der Waals surface area contributed by atoms with Crippen molar-refractivity contribution in [1.29, 1.82) is 0 Å². The number of halogens is 4. The van der Waals surface area contributed by atoms with Gasteiger partial charge in [0.25, 0.3) is 0 Å². The van der Waals surface area contributed by atoms with Crippen molar-refractivity contribution in [3.63, 3.8) is 0 Å². The zero-order valence-electron chi connectivity index (χ0n) is 18.1. The molecule has 2 aromatic rings. The third-order valence-corrected chi connectivity index (χ3v) is 5.56. The van der Waals surface area contributed by atoms with Crippen molar-refractivity contribution in [3.8, 4) is 0 Å². The van der Waals surface area contributed by atoms with Gasteiger partial charge in [-0.15, -0.1) is 0 Å². The summed E-state index contributed by atoms with van der Waals surface area (Å²) in [4.78, 5) is 26.8. The van der Waals surface area contributed by atoms with Crippen LogP contribution in [0.4, 0.5) is 28.4 Å². The van der Waals surface area contributed by atoms with Gasteiger partial charge in [-0.1, -0.05) is 23.7 Å². The molecule has 0 fully saturated rings. The predicted molar refractivity (Wildman–Crippen MR) is 118 cm³/mol. The van der Waals surface area contributed by atoms with Gasteiger partial charge in [0.1, 0.15) is 5.54 Å². The lowest BCUT2D eigenvalue weighted by Crippen LogP contribution is -2.57. The van der Waals surface area contributed by atoms with Crippen LogP contribution in [0.3, 0.4) is 0 Å². The molecule has 1 atom stereocenters. The first-order valence-corrected chi connectivity index (χ1v) is 10.3. The molecule has 1 heterocycles. The van der Waals surface area contributed by atoms with E-state index >= 15 is 0 Å². The summed E-state index contributed by atoms with van der Waals surface area (Å²) in [6.45, 7) is 3.81. The van der Waals surface area contributed by atoms with Gasteiger partial charge >= 0.3 is 18.3 Å². The van der Waals surface area contributed by atoms with Gasteiger partial charge in [-0.2, -0.15) is 18.3 Å². The standard InChI is InChI=1S/C22H22ClF3N4O3/c1-4-29(20(32)33-3)21(2)13-30(28-18(21)14-5-9-16(23)10-6-14)19(31)27-17-11-7-15(8-12-17)22(24,25)26/h5-12H,4,13H2,1-3H3,(H,27,31). The highest BCUT2D eigenvalue weighted by Crippen LogP contribution is 2.32. The normalized spacial score (nSPS) is 18.0. The van der Waals surface area contributed by atoms with Crippen LogP contribution in [0.1, 0.15) is 25.0 Å². The van der Waals surface area contributed by atoms with Crippen LogP contribution >= 0.6 is 11.6 Å². The van der Waals surface area contributed by atoms with Crippen molar-refractivity contribution in [2.24, 2.45) is 5.10 Å². The molecule has 3 rings (SSSR count). The minimum atomic E-state index is -4.48. The molecule has 0 bridgehead atoms. The maximum absolute atomic E-state index is 12.9. The lowest BCUT2D eigenvalue weighted by atomic mass is 9.89. The molecule has 1 N–H and O–H groups in total. The van der Waals surface area contributed by atoms with Crippen molar-refractivity contribution in [2.75, 3.05) is 25.5 Å². The van der Waals surface area contributed by atoms with Gasteiger partial charge in [0, 0.05) is 22.8 Å². The summed E-state index contributed by atoms with van der Waals surface area (Å²) in [5.41, 5.74) is -0.602. The fraction of sp³-hybridized carbons (Fsp3) is 0.318. The second kappa shape index (κ2) is 9.30. The molecule has 1 unspecified atom stereocenters. The van der Waals surface area contributed by atoms with E-state index in [-0.39, 0.29) is 18.8 Å². The Hall–Kier alpha value is -3.27. The summed E-state index contributed by atoms with van der Waals surface area (Å²) in [6.07, 6.45) is -5.07. The number of methoxy groups -OCH3 is 1. The second-order valence-electron chi connectivity index (χ2n) is 7.51. The topological polar surface area (TPSA) is 74.2 Å². The second-order valence-corrected chi connectivity index (χ2v) is 7.94. The predicted octanol–water partition coefficient (Wildman–Crippen LogP) is 5.46. The Bertz CT molecular complexity index is 1060. The average molecular weight is 483 g/mol. The molecule has 2 aromatic carbocycles. The largest absolute Gasteiger partial charge is 0.453 e. The molecular weight excluding hydrogens is 461 g/mol. The number of ether oxygens (including phenoxy) is 1. The lowest BCUT2D eigenvalue weighted by Gasteiger charge is -2.37. The maximum Gasteiger partial charge on any atom is 0.416 e. The number of hydrogen-bond acceptors (Lipinski definition) is 4. The molecule has 0 saturated heterocycles. The van der Waals surface area contributed by atoms with E-state index in [1.165, 1.54) is 12.0 Å². The fourth-order valence-electron chi connectivity index (χ4n) is 3.66. The molecule has 0 aliphatic carbocycles. The first-order valence-electron chi connectivity index (χ1n) is 9.96. The summed E-state index contributed by atoms with van der Waals surface area (Å²) >= 11 is 5.99. The molecule has 176 valence electrons. The number of anilines is 1. The van der Waals surface area contributed by atoms with E-state index in [1.807, 2.05) is 0 Å². The van der Waals surface area contributed by atoms with E-state index in [1.54, 1.807) is 38.1 Å². The van der Waals surface area contributed by atoms with Gasteiger partial charge in [0.15, 0.2) is 0 Å². The number of rotatable bonds is 4. The minimum Gasteiger partial charge on any atom is -0.453 e. The van der Waals surface area contributed by atoms with Crippen LogP contribution in [-0.2, 0) is 10.9 Å². The third kappa shape index (κ3) is 5.05. The highest BCUT2D eigenvalue weighted by atomic mass is 35.5. The molecule has 1 aliphatic heterocycles. The molecule has 3 amide bonds. The van der Waals surface area contributed by atoms with E-state index in [9.17, 15) is 22.8 Å². The summed E-state index contributed by atoms with van der Waals surface area (Å²) in [7, 11) is 1.26. The highest BCUT2D eigenvalue weighted by molar-refractivity contribution is 6.30. The van der Waals surface area contributed by atoms with E-state index in [2.05, 4.69) is 10.4 Å². The molecule has 11 heteroatoms. The minimum absolute atomic E-state index is 0.000365. The van der Waals surface area contributed by atoms with E-state index in [0.29, 0.717) is 16.3 Å². The quantitative estimate of drug-likeness (QED) is 0.629. The Morgan fingerprint density at radius 3 is 2.30 bits per heavy atom. The van der Waals surface area contributed by atoms with Gasteiger partial charge in [0.05, 0.1) is 24.9 Å². The molecule has 0 saturated carbocycles. The number of amides is 3. The van der Waals surface area contributed by atoms with Crippen LogP contribution in [0.15, 0.2) is 53.6 Å². The highest BCUT2D eigenvalue weighted by Gasteiger charge is 2.47. The number of hydrogen-bond donors (Lipinski definition) is 1. The number of carbonyl (C=O) groups is 2. The molecule has 1 aliphatic rings. The van der Waals surface area contributed by atoms with Crippen LogP contribution in [-0.4, -0.2) is 53.5 Å². The lowest BCUT2D eigenvalue weighted by molar-refractivity contribution is -0.137. The van der Waals surface area contributed by atoms with Crippen LogP contribution < -0.4 is 5.32 Å². The third-order valence-electron chi connectivity index (χ3n) is 5.31. The SMILES string of the molecule is CCN(C(=O)OC)C1(C)CN(C(=O)Nc2ccc(C(F)(F)F)cc2)N=C1c1ccc(Cl)cc1. The first kappa shape index (κ1) is 24.4. The van der Waals surface area contributed by atoms with Crippen LogP contribution in [0.5, 0.6) is 0 Å². The van der Waals surface area contributed by atoms with Gasteiger partial charge in [-0.3, -0.25) is 4.90 Å². The number of carbonyl (C=O) groups excluding carboxylic acids is 2. The number of hydrazone groups is 1. The maximum atomic E-state index is 12.9. The number of nitrogens with zero attached hydrogens (tertiary/aromatic N) is 3. The van der Waals surface area contributed by atoms with E-state index in [4.69, 9.17) is 16.3 Å².